The van der Waals surface area contributed by atoms with E-state index in [-0.39, 0.29) is 36.1 Å². The number of sulfone groups is 1. The van der Waals surface area contributed by atoms with Crippen molar-refractivity contribution in [3.63, 3.8) is 0 Å². The minimum atomic E-state index is -3.65. The maximum Gasteiger partial charge on any atom is 0.163 e. The largest absolute Gasteiger partial charge is 0.380 e. The Labute approximate surface area is 205 Å². The molecule has 3 atom stereocenters. The standard InChI is InChI=1S/C27H31F2NO4S/c1-3-9-34-27(14-26(15-27)16-33-17-26)21-12-22(28)20(10-23(21)29)11-24-18(2)30-13-25(35(24,31)32)19-7-5-4-6-8-19/h3-8,10,12,18,24-25,30H,1,9,11,13-17H2,2H3/t18-,24?,25-/m0/s1. The van der Waals surface area contributed by atoms with Gasteiger partial charge >= 0.3 is 0 Å². The molecule has 1 unspecified atom stereocenters. The molecule has 3 aliphatic rings. The van der Waals surface area contributed by atoms with Crippen molar-refractivity contribution in [3.8, 4) is 0 Å². The minimum Gasteiger partial charge on any atom is -0.380 e. The predicted molar refractivity (Wildman–Crippen MR) is 130 cm³/mol. The smallest absolute Gasteiger partial charge is 0.163 e. The van der Waals surface area contributed by atoms with E-state index < -0.39 is 43.6 Å². The molecular formula is C27H31F2NO4S. The quantitative estimate of drug-likeness (QED) is 0.573. The number of benzene rings is 2. The van der Waals surface area contributed by atoms with E-state index in [1.807, 2.05) is 6.07 Å². The van der Waals surface area contributed by atoms with Crippen molar-refractivity contribution in [3.05, 3.63) is 83.4 Å². The van der Waals surface area contributed by atoms with Crippen molar-refractivity contribution in [2.75, 3.05) is 26.4 Å². The molecule has 3 fully saturated rings. The van der Waals surface area contributed by atoms with Gasteiger partial charge in [-0.3, -0.25) is 0 Å². The first-order valence-corrected chi connectivity index (χ1v) is 13.6. The summed E-state index contributed by atoms with van der Waals surface area (Å²) in [6.45, 7) is 7.16. The third kappa shape index (κ3) is 4.24. The molecule has 2 aromatic rings. The Balaban J connectivity index is 1.43. The fourth-order valence-corrected chi connectivity index (χ4v) is 8.32. The SMILES string of the molecule is C=CCOC1(c2cc(F)c(CC3[C@H](C)NC[C@@H](c4ccccc4)S3(=O)=O)cc2F)CC2(COC2)C1. The highest BCUT2D eigenvalue weighted by atomic mass is 32.2. The van der Waals surface area contributed by atoms with Gasteiger partial charge in [-0.05, 0) is 49.4 Å². The second-order valence-corrected chi connectivity index (χ2v) is 12.6. The van der Waals surface area contributed by atoms with Gasteiger partial charge in [-0.15, -0.1) is 6.58 Å². The van der Waals surface area contributed by atoms with E-state index in [4.69, 9.17) is 9.47 Å². The van der Waals surface area contributed by atoms with Crippen LogP contribution in [-0.2, 0) is 31.3 Å². The van der Waals surface area contributed by atoms with Crippen LogP contribution in [0.15, 0.2) is 55.1 Å². The van der Waals surface area contributed by atoms with Crippen LogP contribution in [-0.4, -0.2) is 46.1 Å². The molecule has 1 saturated carbocycles. The van der Waals surface area contributed by atoms with Crippen LogP contribution in [0.3, 0.4) is 0 Å². The number of nitrogens with one attached hydrogen (secondary N) is 1. The molecule has 0 amide bonds. The van der Waals surface area contributed by atoms with E-state index in [1.54, 1.807) is 37.3 Å². The Bertz CT molecular complexity index is 1210. The van der Waals surface area contributed by atoms with Crippen molar-refractivity contribution in [2.45, 2.75) is 48.3 Å². The monoisotopic (exact) mass is 503 g/mol. The fourth-order valence-electron chi connectivity index (χ4n) is 5.96. The Hall–Kier alpha value is -2.13. The van der Waals surface area contributed by atoms with Gasteiger partial charge in [0.15, 0.2) is 9.84 Å². The second kappa shape index (κ2) is 9.07. The fraction of sp³-hybridized carbons (Fsp3) is 0.481. The van der Waals surface area contributed by atoms with E-state index in [1.165, 1.54) is 6.07 Å². The Kier molecular flexibility index (Phi) is 6.36. The minimum absolute atomic E-state index is 0.0352. The zero-order valence-electron chi connectivity index (χ0n) is 19.8. The molecule has 1 spiro atoms. The van der Waals surface area contributed by atoms with Crippen molar-refractivity contribution >= 4 is 9.84 Å². The molecule has 0 aromatic heterocycles. The van der Waals surface area contributed by atoms with Gasteiger partial charge in [0.1, 0.15) is 11.6 Å². The lowest BCUT2D eigenvalue weighted by molar-refractivity contribution is -0.259. The van der Waals surface area contributed by atoms with Gasteiger partial charge in [-0.25, -0.2) is 17.2 Å². The maximum absolute atomic E-state index is 15.5. The molecule has 188 valence electrons. The van der Waals surface area contributed by atoms with Gasteiger partial charge in [-0.2, -0.15) is 0 Å². The van der Waals surface area contributed by atoms with Gasteiger partial charge in [-0.1, -0.05) is 36.4 Å². The lowest BCUT2D eigenvalue weighted by atomic mass is 9.55. The van der Waals surface area contributed by atoms with Crippen LogP contribution in [0.5, 0.6) is 0 Å². The van der Waals surface area contributed by atoms with Gasteiger partial charge in [0.05, 0.1) is 35.9 Å². The molecule has 5 rings (SSSR count). The molecular weight excluding hydrogens is 472 g/mol. The summed E-state index contributed by atoms with van der Waals surface area (Å²) >= 11 is 0. The first-order chi connectivity index (χ1) is 16.7. The van der Waals surface area contributed by atoms with Crippen LogP contribution < -0.4 is 5.32 Å². The van der Waals surface area contributed by atoms with Crippen LogP contribution in [0.1, 0.15) is 41.7 Å². The first-order valence-electron chi connectivity index (χ1n) is 12.0. The molecule has 35 heavy (non-hydrogen) atoms. The molecule has 2 aliphatic heterocycles. The number of ether oxygens (including phenoxy) is 2. The Morgan fingerprint density at radius 1 is 1.17 bits per heavy atom. The van der Waals surface area contributed by atoms with Gasteiger partial charge < -0.3 is 14.8 Å². The van der Waals surface area contributed by atoms with Gasteiger partial charge in [0.2, 0.25) is 0 Å². The molecule has 2 saturated heterocycles. The average molecular weight is 504 g/mol. The van der Waals surface area contributed by atoms with Crippen molar-refractivity contribution < 1.29 is 26.7 Å². The van der Waals surface area contributed by atoms with Gasteiger partial charge in [0, 0.05) is 23.6 Å². The highest BCUT2D eigenvalue weighted by Gasteiger charge is 2.61. The summed E-state index contributed by atoms with van der Waals surface area (Å²) in [4.78, 5) is 0. The lowest BCUT2D eigenvalue weighted by Crippen LogP contribution is -2.61. The van der Waals surface area contributed by atoms with Crippen molar-refractivity contribution in [1.29, 1.82) is 0 Å². The number of rotatable bonds is 7. The molecule has 0 radical (unpaired) electrons. The molecule has 1 N–H and O–H groups in total. The normalized spacial score (nSPS) is 28.1. The first kappa shape index (κ1) is 24.6. The van der Waals surface area contributed by atoms with Crippen LogP contribution in [0.25, 0.3) is 0 Å². The van der Waals surface area contributed by atoms with E-state index in [2.05, 4.69) is 11.9 Å². The average Bonchev–Trinajstić information content (AvgIpc) is 2.77. The molecule has 8 heteroatoms. The van der Waals surface area contributed by atoms with Crippen LogP contribution in [0.4, 0.5) is 8.78 Å². The topological polar surface area (TPSA) is 64.6 Å². The number of halogens is 2. The van der Waals surface area contributed by atoms with Crippen molar-refractivity contribution in [2.24, 2.45) is 5.41 Å². The Morgan fingerprint density at radius 3 is 2.51 bits per heavy atom. The molecule has 5 nitrogen and oxygen atoms in total. The second-order valence-electron chi connectivity index (χ2n) is 10.3. The summed E-state index contributed by atoms with van der Waals surface area (Å²) in [5.41, 5.74) is -0.0305. The van der Waals surface area contributed by atoms with Crippen LogP contribution in [0.2, 0.25) is 0 Å². The molecule has 2 heterocycles. The van der Waals surface area contributed by atoms with E-state index in [0.717, 1.165) is 6.07 Å². The zero-order valence-corrected chi connectivity index (χ0v) is 20.6. The van der Waals surface area contributed by atoms with Crippen molar-refractivity contribution in [1.82, 2.24) is 5.32 Å². The summed E-state index contributed by atoms with van der Waals surface area (Å²) in [5, 5.41) is 1.64. The van der Waals surface area contributed by atoms with Gasteiger partial charge in [0.25, 0.3) is 0 Å². The highest BCUT2D eigenvalue weighted by molar-refractivity contribution is 7.92. The van der Waals surface area contributed by atoms with Crippen LogP contribution >= 0.6 is 0 Å². The summed E-state index contributed by atoms with van der Waals surface area (Å²) in [6.07, 6.45) is 2.60. The Morgan fingerprint density at radius 2 is 1.89 bits per heavy atom. The molecule has 0 bridgehead atoms. The summed E-state index contributed by atoms with van der Waals surface area (Å²) in [5.74, 6) is -1.19. The summed E-state index contributed by atoms with van der Waals surface area (Å²) in [6, 6.07) is 11.0. The van der Waals surface area contributed by atoms with E-state index in [0.29, 0.717) is 31.6 Å². The zero-order chi connectivity index (χ0) is 24.8. The number of hydrogen-bond acceptors (Lipinski definition) is 5. The summed E-state index contributed by atoms with van der Waals surface area (Å²) in [7, 11) is -3.65. The van der Waals surface area contributed by atoms with E-state index >= 15 is 8.78 Å². The van der Waals surface area contributed by atoms with E-state index in [9.17, 15) is 8.42 Å². The molecule has 1 aliphatic carbocycles. The number of hydrogen-bond donors (Lipinski definition) is 1. The highest BCUT2D eigenvalue weighted by Crippen LogP contribution is 2.60. The molecule has 2 aromatic carbocycles. The lowest BCUT2D eigenvalue weighted by Gasteiger charge is -2.59. The third-order valence-electron chi connectivity index (χ3n) is 7.84. The van der Waals surface area contributed by atoms with Crippen LogP contribution in [0, 0.1) is 17.0 Å². The predicted octanol–water partition coefficient (Wildman–Crippen LogP) is 4.23. The summed E-state index contributed by atoms with van der Waals surface area (Å²) < 4.78 is 69.3. The maximum atomic E-state index is 15.5. The third-order valence-corrected chi connectivity index (χ3v) is 10.5.